The van der Waals surface area contributed by atoms with E-state index in [0.717, 1.165) is 11.1 Å². The molecule has 0 aromatic carbocycles. The van der Waals surface area contributed by atoms with Crippen molar-refractivity contribution in [1.29, 1.82) is 0 Å². The molecule has 0 atom stereocenters. The van der Waals surface area contributed by atoms with Gasteiger partial charge in [-0.25, -0.2) is 13.1 Å². The van der Waals surface area contributed by atoms with Crippen LogP contribution in [0.15, 0.2) is 18.5 Å². The van der Waals surface area contributed by atoms with Crippen LogP contribution in [0.1, 0.15) is 31.9 Å². The summed E-state index contributed by atoms with van der Waals surface area (Å²) >= 11 is 0. The molecule has 1 aromatic rings. The minimum Gasteiger partial charge on any atom is -0.264 e. The average Bonchev–Trinajstić information content (AvgIpc) is 2.13. The Balaban J connectivity index is 2.66. The highest BCUT2D eigenvalue weighted by molar-refractivity contribution is 7.89. The molecule has 1 heterocycles. The first-order chi connectivity index (χ1) is 7.70. The van der Waals surface area contributed by atoms with E-state index in [1.54, 1.807) is 12.4 Å². The summed E-state index contributed by atoms with van der Waals surface area (Å²) in [5.41, 5.74) is 1.71. The molecular formula is C12H20N2O2S. The maximum Gasteiger partial charge on any atom is 0.212 e. The van der Waals surface area contributed by atoms with Crippen molar-refractivity contribution < 1.29 is 8.42 Å². The lowest BCUT2D eigenvalue weighted by molar-refractivity contribution is 0.458. The lowest BCUT2D eigenvalue weighted by atomic mass is 10.0. The molecule has 0 aliphatic rings. The normalized spacial score (nSPS) is 12.7. The van der Waals surface area contributed by atoms with Gasteiger partial charge in [-0.15, -0.1) is 0 Å². The summed E-state index contributed by atoms with van der Waals surface area (Å²) < 4.78 is 26.2. The molecule has 1 aromatic heterocycles. The van der Waals surface area contributed by atoms with Crippen LogP contribution in [-0.4, -0.2) is 19.2 Å². The van der Waals surface area contributed by atoms with Gasteiger partial charge in [-0.05, 0) is 29.5 Å². The van der Waals surface area contributed by atoms with Crippen molar-refractivity contribution in [3.8, 4) is 0 Å². The first-order valence-electron chi connectivity index (χ1n) is 5.56. The van der Waals surface area contributed by atoms with Crippen LogP contribution >= 0.6 is 0 Å². The van der Waals surface area contributed by atoms with Gasteiger partial charge in [0.1, 0.15) is 0 Å². The molecule has 4 nitrogen and oxygen atoms in total. The van der Waals surface area contributed by atoms with Crippen molar-refractivity contribution in [1.82, 2.24) is 9.71 Å². The van der Waals surface area contributed by atoms with Crippen molar-refractivity contribution >= 4 is 10.0 Å². The Hall–Kier alpha value is -0.940. The predicted octanol–water partition coefficient (Wildman–Crippen LogP) is 1.86. The Morgan fingerprint density at radius 2 is 2.00 bits per heavy atom. The first kappa shape index (κ1) is 14.1. The number of aryl methyl sites for hydroxylation is 1. The van der Waals surface area contributed by atoms with Crippen LogP contribution < -0.4 is 4.72 Å². The van der Waals surface area contributed by atoms with Crippen molar-refractivity contribution in [3.63, 3.8) is 0 Å². The number of nitrogens with zero attached hydrogens (tertiary/aromatic N) is 1. The second kappa shape index (κ2) is 5.14. The Morgan fingerprint density at radius 3 is 2.53 bits per heavy atom. The zero-order valence-corrected chi connectivity index (χ0v) is 11.6. The molecule has 17 heavy (non-hydrogen) atoms. The van der Waals surface area contributed by atoms with Crippen LogP contribution in [0.2, 0.25) is 0 Å². The maximum absolute atomic E-state index is 11.8. The molecule has 0 aliphatic carbocycles. The topological polar surface area (TPSA) is 59.1 Å². The van der Waals surface area contributed by atoms with Gasteiger partial charge in [0, 0.05) is 18.9 Å². The molecule has 0 unspecified atom stereocenters. The fourth-order valence-electron chi connectivity index (χ4n) is 1.51. The van der Waals surface area contributed by atoms with E-state index in [9.17, 15) is 8.42 Å². The lowest BCUT2D eigenvalue weighted by Crippen LogP contribution is -2.32. The Kier molecular flexibility index (Phi) is 4.27. The second-order valence-corrected chi connectivity index (χ2v) is 7.25. The number of pyridine rings is 1. The van der Waals surface area contributed by atoms with E-state index in [2.05, 4.69) is 9.71 Å². The Morgan fingerprint density at radius 1 is 1.35 bits per heavy atom. The standard InChI is InChI=1S/C12H20N2O2S/c1-10-7-13-6-5-11(10)8-14-17(15,16)9-12(2,3)4/h5-7,14H,8-9H2,1-4H3. The van der Waals surface area contributed by atoms with Crippen molar-refractivity contribution in [3.05, 3.63) is 29.6 Å². The van der Waals surface area contributed by atoms with E-state index in [1.165, 1.54) is 0 Å². The van der Waals surface area contributed by atoms with Gasteiger partial charge >= 0.3 is 0 Å². The van der Waals surface area contributed by atoms with Crippen molar-refractivity contribution in [2.75, 3.05) is 5.75 Å². The molecule has 0 saturated carbocycles. The zero-order chi connectivity index (χ0) is 13.1. The summed E-state index contributed by atoms with van der Waals surface area (Å²) in [6.45, 7) is 7.96. The third-order valence-corrected chi connectivity index (χ3v) is 4.07. The summed E-state index contributed by atoms with van der Waals surface area (Å²) in [4.78, 5) is 3.97. The van der Waals surface area contributed by atoms with E-state index < -0.39 is 10.0 Å². The number of aromatic nitrogens is 1. The van der Waals surface area contributed by atoms with Crippen molar-refractivity contribution in [2.45, 2.75) is 34.2 Å². The number of sulfonamides is 1. The quantitative estimate of drug-likeness (QED) is 0.894. The van der Waals surface area contributed by atoms with Crippen LogP contribution in [0, 0.1) is 12.3 Å². The molecule has 0 radical (unpaired) electrons. The summed E-state index contributed by atoms with van der Waals surface area (Å²) in [7, 11) is -3.22. The molecule has 0 fully saturated rings. The predicted molar refractivity (Wildman–Crippen MR) is 69.1 cm³/mol. The van der Waals surface area contributed by atoms with E-state index in [1.807, 2.05) is 33.8 Å². The highest BCUT2D eigenvalue weighted by Crippen LogP contribution is 2.15. The minimum absolute atomic E-state index is 0.129. The van der Waals surface area contributed by atoms with Crippen molar-refractivity contribution in [2.24, 2.45) is 5.41 Å². The molecule has 0 amide bonds. The first-order valence-corrected chi connectivity index (χ1v) is 7.22. The molecule has 0 bridgehead atoms. The Labute approximate surface area is 104 Å². The third-order valence-electron chi connectivity index (χ3n) is 2.24. The monoisotopic (exact) mass is 256 g/mol. The van der Waals surface area contributed by atoms with E-state index in [4.69, 9.17) is 0 Å². The number of hydrogen-bond acceptors (Lipinski definition) is 3. The van der Waals surface area contributed by atoms with Gasteiger partial charge in [0.05, 0.1) is 5.75 Å². The molecular weight excluding hydrogens is 236 g/mol. The summed E-state index contributed by atoms with van der Waals surface area (Å²) in [6.07, 6.45) is 3.40. The number of rotatable bonds is 4. The fraction of sp³-hybridized carbons (Fsp3) is 0.583. The maximum atomic E-state index is 11.8. The van der Waals surface area contributed by atoms with Gasteiger partial charge in [0.15, 0.2) is 0 Å². The molecule has 1 rings (SSSR count). The van der Waals surface area contributed by atoms with Gasteiger partial charge in [-0.2, -0.15) is 0 Å². The van der Waals surface area contributed by atoms with Crippen LogP contribution in [0.5, 0.6) is 0 Å². The van der Waals surface area contributed by atoms with Crippen LogP contribution in [0.4, 0.5) is 0 Å². The van der Waals surface area contributed by atoms with Gasteiger partial charge in [0.25, 0.3) is 0 Å². The summed E-state index contributed by atoms with van der Waals surface area (Å²) in [5, 5.41) is 0. The van der Waals surface area contributed by atoms with Gasteiger partial charge < -0.3 is 0 Å². The highest BCUT2D eigenvalue weighted by atomic mass is 32.2. The molecule has 0 saturated heterocycles. The SMILES string of the molecule is Cc1cnccc1CNS(=O)(=O)CC(C)(C)C. The Bertz CT molecular complexity index is 476. The number of hydrogen-bond donors (Lipinski definition) is 1. The van der Waals surface area contributed by atoms with Crippen LogP contribution in [0.3, 0.4) is 0 Å². The molecule has 0 spiro atoms. The van der Waals surface area contributed by atoms with Crippen LogP contribution in [-0.2, 0) is 16.6 Å². The zero-order valence-electron chi connectivity index (χ0n) is 10.8. The molecule has 1 N–H and O–H groups in total. The fourth-order valence-corrected chi connectivity index (χ4v) is 3.13. The van der Waals surface area contributed by atoms with E-state index in [0.29, 0.717) is 6.54 Å². The highest BCUT2D eigenvalue weighted by Gasteiger charge is 2.21. The van der Waals surface area contributed by atoms with E-state index in [-0.39, 0.29) is 11.2 Å². The molecule has 0 aliphatic heterocycles. The van der Waals surface area contributed by atoms with Gasteiger partial charge in [-0.3, -0.25) is 4.98 Å². The smallest absolute Gasteiger partial charge is 0.212 e. The lowest BCUT2D eigenvalue weighted by Gasteiger charge is -2.18. The van der Waals surface area contributed by atoms with Crippen LogP contribution in [0.25, 0.3) is 0 Å². The minimum atomic E-state index is -3.22. The molecule has 96 valence electrons. The number of nitrogens with one attached hydrogen (secondary N) is 1. The largest absolute Gasteiger partial charge is 0.264 e. The average molecular weight is 256 g/mol. The third kappa shape index (κ3) is 5.28. The van der Waals surface area contributed by atoms with Gasteiger partial charge in [-0.1, -0.05) is 20.8 Å². The second-order valence-electron chi connectivity index (χ2n) is 5.44. The van der Waals surface area contributed by atoms with E-state index >= 15 is 0 Å². The summed E-state index contributed by atoms with van der Waals surface area (Å²) in [6, 6.07) is 1.83. The molecule has 5 heteroatoms. The summed E-state index contributed by atoms with van der Waals surface area (Å²) in [5.74, 6) is 0.129. The van der Waals surface area contributed by atoms with Gasteiger partial charge in [0.2, 0.25) is 10.0 Å².